The van der Waals surface area contributed by atoms with E-state index in [-0.39, 0.29) is 30.3 Å². The molecule has 0 aliphatic carbocycles. The Kier molecular flexibility index (Phi) is 6.01. The smallest absolute Gasteiger partial charge is 0.255 e. The van der Waals surface area contributed by atoms with Gasteiger partial charge in [-0.1, -0.05) is 27.5 Å². The zero-order valence-electron chi connectivity index (χ0n) is 12.0. The van der Waals surface area contributed by atoms with Gasteiger partial charge in [-0.15, -0.1) is 0 Å². The van der Waals surface area contributed by atoms with E-state index in [0.29, 0.717) is 15.1 Å². The summed E-state index contributed by atoms with van der Waals surface area (Å²) in [4.78, 5) is 23.8. The van der Waals surface area contributed by atoms with Crippen molar-refractivity contribution >= 4 is 39.3 Å². The standard InChI is InChI=1S/C16H14BrClN2O3/c17-11-3-6-13(14(21)9-11)16(23)20-8-7-19-15(22)10-1-4-12(18)5-2-10/h1-6,9,21H,7-8H2,(H,19,22)(H,20,23). The van der Waals surface area contributed by atoms with Crippen LogP contribution in [0.1, 0.15) is 20.7 Å². The summed E-state index contributed by atoms with van der Waals surface area (Å²) >= 11 is 8.96. The number of phenols is 1. The topological polar surface area (TPSA) is 78.4 Å². The lowest BCUT2D eigenvalue weighted by Gasteiger charge is -2.08. The minimum absolute atomic E-state index is 0.109. The Bertz CT molecular complexity index is 720. The third kappa shape index (κ3) is 4.97. The number of phenolic OH excluding ortho intramolecular Hbond substituents is 1. The number of halogens is 2. The van der Waals surface area contributed by atoms with Gasteiger partial charge in [0.1, 0.15) is 5.75 Å². The normalized spacial score (nSPS) is 10.2. The summed E-state index contributed by atoms with van der Waals surface area (Å²) in [7, 11) is 0. The number of carbonyl (C=O) groups is 2. The molecule has 2 amide bonds. The van der Waals surface area contributed by atoms with Crippen LogP contribution in [-0.4, -0.2) is 30.0 Å². The minimum atomic E-state index is -0.407. The van der Waals surface area contributed by atoms with Crippen molar-refractivity contribution in [2.75, 3.05) is 13.1 Å². The average molecular weight is 398 g/mol. The van der Waals surface area contributed by atoms with Gasteiger partial charge in [0.25, 0.3) is 11.8 Å². The van der Waals surface area contributed by atoms with Gasteiger partial charge in [0, 0.05) is 28.1 Å². The molecule has 0 fully saturated rings. The second kappa shape index (κ2) is 7.99. The van der Waals surface area contributed by atoms with Crippen LogP contribution in [0, 0.1) is 0 Å². The second-order valence-electron chi connectivity index (χ2n) is 4.68. The predicted octanol–water partition coefficient (Wildman–Crippen LogP) is 2.97. The van der Waals surface area contributed by atoms with Gasteiger partial charge in [0.05, 0.1) is 5.56 Å². The lowest BCUT2D eigenvalue weighted by molar-refractivity contribution is 0.0926. The Balaban J connectivity index is 1.79. The summed E-state index contributed by atoms with van der Waals surface area (Å²) in [5.74, 6) is -0.764. The fraction of sp³-hybridized carbons (Fsp3) is 0.125. The maximum atomic E-state index is 11.9. The first kappa shape index (κ1) is 17.3. The zero-order valence-corrected chi connectivity index (χ0v) is 14.3. The molecule has 0 bridgehead atoms. The average Bonchev–Trinajstić information content (AvgIpc) is 2.51. The SMILES string of the molecule is O=C(NCCNC(=O)c1ccc(Br)cc1O)c1ccc(Cl)cc1. The van der Waals surface area contributed by atoms with Crippen molar-refractivity contribution in [3.63, 3.8) is 0 Å². The first-order chi connectivity index (χ1) is 11.0. The van der Waals surface area contributed by atoms with Crippen molar-refractivity contribution in [2.24, 2.45) is 0 Å². The summed E-state index contributed by atoms with van der Waals surface area (Å²) in [5, 5.41) is 15.6. The van der Waals surface area contributed by atoms with Crippen LogP contribution in [0.2, 0.25) is 5.02 Å². The second-order valence-corrected chi connectivity index (χ2v) is 6.03. The molecule has 0 aliphatic heterocycles. The molecule has 0 radical (unpaired) electrons. The van der Waals surface area contributed by atoms with Crippen molar-refractivity contribution < 1.29 is 14.7 Å². The van der Waals surface area contributed by atoms with Gasteiger partial charge in [-0.3, -0.25) is 9.59 Å². The van der Waals surface area contributed by atoms with Crippen LogP contribution in [0.15, 0.2) is 46.9 Å². The van der Waals surface area contributed by atoms with Crippen LogP contribution in [0.25, 0.3) is 0 Å². The van der Waals surface area contributed by atoms with Crippen LogP contribution in [0.4, 0.5) is 0 Å². The molecule has 0 aliphatic rings. The summed E-state index contributed by atoms with van der Waals surface area (Å²) in [5.41, 5.74) is 0.670. The van der Waals surface area contributed by atoms with E-state index in [0.717, 1.165) is 0 Å². The molecule has 0 unspecified atom stereocenters. The molecule has 0 atom stereocenters. The summed E-state index contributed by atoms with van der Waals surface area (Å²) in [6, 6.07) is 11.1. The maximum Gasteiger partial charge on any atom is 0.255 e. The van der Waals surface area contributed by atoms with Crippen molar-refractivity contribution in [2.45, 2.75) is 0 Å². The Morgan fingerprint density at radius 3 is 2.22 bits per heavy atom. The molecular weight excluding hydrogens is 384 g/mol. The maximum absolute atomic E-state index is 11.9. The highest BCUT2D eigenvalue weighted by Crippen LogP contribution is 2.21. The molecular formula is C16H14BrClN2O3. The highest BCUT2D eigenvalue weighted by atomic mass is 79.9. The monoisotopic (exact) mass is 396 g/mol. The molecule has 0 saturated heterocycles. The largest absolute Gasteiger partial charge is 0.507 e. The fourth-order valence-corrected chi connectivity index (χ4v) is 2.32. The van der Waals surface area contributed by atoms with Gasteiger partial charge in [0.15, 0.2) is 0 Å². The summed E-state index contributed by atoms with van der Waals surface area (Å²) < 4.78 is 0.682. The van der Waals surface area contributed by atoms with Crippen LogP contribution in [-0.2, 0) is 0 Å². The molecule has 0 spiro atoms. The number of carbonyl (C=O) groups excluding carboxylic acids is 2. The quantitative estimate of drug-likeness (QED) is 0.679. The fourth-order valence-electron chi connectivity index (χ4n) is 1.85. The van der Waals surface area contributed by atoms with Gasteiger partial charge in [-0.2, -0.15) is 0 Å². The lowest BCUT2D eigenvalue weighted by Crippen LogP contribution is -2.34. The Morgan fingerprint density at radius 1 is 1.00 bits per heavy atom. The van der Waals surface area contributed by atoms with E-state index in [1.165, 1.54) is 12.1 Å². The minimum Gasteiger partial charge on any atom is -0.507 e. The number of amides is 2. The summed E-state index contributed by atoms with van der Waals surface area (Å²) in [6.45, 7) is 0.512. The molecule has 120 valence electrons. The van der Waals surface area contributed by atoms with E-state index in [1.54, 1.807) is 30.3 Å². The van der Waals surface area contributed by atoms with E-state index < -0.39 is 5.91 Å². The zero-order chi connectivity index (χ0) is 16.8. The van der Waals surface area contributed by atoms with E-state index in [1.807, 2.05) is 0 Å². The number of hydrogen-bond donors (Lipinski definition) is 3. The van der Waals surface area contributed by atoms with Crippen molar-refractivity contribution in [1.29, 1.82) is 0 Å². The number of nitrogens with one attached hydrogen (secondary N) is 2. The number of aromatic hydroxyl groups is 1. The van der Waals surface area contributed by atoms with Crippen LogP contribution < -0.4 is 10.6 Å². The van der Waals surface area contributed by atoms with Crippen LogP contribution in [0.3, 0.4) is 0 Å². The molecule has 2 aromatic carbocycles. The molecule has 0 heterocycles. The molecule has 7 heteroatoms. The van der Waals surface area contributed by atoms with E-state index in [4.69, 9.17) is 11.6 Å². The third-order valence-corrected chi connectivity index (χ3v) is 3.75. The first-order valence-electron chi connectivity index (χ1n) is 6.78. The number of rotatable bonds is 5. The number of benzene rings is 2. The van der Waals surface area contributed by atoms with Gasteiger partial charge in [-0.05, 0) is 42.5 Å². The molecule has 23 heavy (non-hydrogen) atoms. The van der Waals surface area contributed by atoms with Gasteiger partial charge in [0.2, 0.25) is 0 Å². The van der Waals surface area contributed by atoms with Gasteiger partial charge >= 0.3 is 0 Å². The Labute approximate surface area is 146 Å². The predicted molar refractivity (Wildman–Crippen MR) is 91.9 cm³/mol. The van der Waals surface area contributed by atoms with Crippen molar-refractivity contribution in [3.8, 4) is 5.75 Å². The first-order valence-corrected chi connectivity index (χ1v) is 7.95. The summed E-state index contributed by atoms with van der Waals surface area (Å²) in [6.07, 6.45) is 0. The molecule has 5 nitrogen and oxygen atoms in total. The molecule has 0 saturated carbocycles. The van der Waals surface area contributed by atoms with Crippen molar-refractivity contribution in [3.05, 3.63) is 63.1 Å². The number of hydrogen-bond acceptors (Lipinski definition) is 3. The molecule has 3 N–H and O–H groups in total. The van der Waals surface area contributed by atoms with Gasteiger partial charge in [-0.25, -0.2) is 0 Å². The van der Waals surface area contributed by atoms with Crippen LogP contribution >= 0.6 is 27.5 Å². The lowest BCUT2D eigenvalue weighted by atomic mass is 10.2. The van der Waals surface area contributed by atoms with Crippen molar-refractivity contribution in [1.82, 2.24) is 10.6 Å². The molecule has 2 rings (SSSR count). The Morgan fingerprint density at radius 2 is 1.61 bits per heavy atom. The van der Waals surface area contributed by atoms with E-state index in [9.17, 15) is 14.7 Å². The van der Waals surface area contributed by atoms with Crippen LogP contribution in [0.5, 0.6) is 5.75 Å². The molecule has 2 aromatic rings. The third-order valence-electron chi connectivity index (χ3n) is 3.01. The Hall–Kier alpha value is -2.05. The molecule has 0 aromatic heterocycles. The van der Waals surface area contributed by atoms with E-state index in [2.05, 4.69) is 26.6 Å². The highest BCUT2D eigenvalue weighted by molar-refractivity contribution is 9.10. The van der Waals surface area contributed by atoms with E-state index >= 15 is 0 Å². The highest BCUT2D eigenvalue weighted by Gasteiger charge is 2.11. The van der Waals surface area contributed by atoms with Gasteiger partial charge < -0.3 is 15.7 Å².